The standard InChI is InChI=1S/C16H20N2O4/c1-16(2,3)22-15(21)18-13(14(19)20)9-11-8-10-6-4-5-7-12(10)17-11/h4-7,13H,8-9H2,1-3H3,(H,18,21)(H,19,20). The molecule has 1 unspecified atom stereocenters. The van der Waals surface area contributed by atoms with E-state index in [1.807, 2.05) is 24.3 Å². The second-order valence-electron chi connectivity index (χ2n) is 6.22. The first-order chi connectivity index (χ1) is 10.2. The summed E-state index contributed by atoms with van der Waals surface area (Å²) in [7, 11) is 0. The highest BCUT2D eigenvalue weighted by atomic mass is 16.6. The first-order valence-electron chi connectivity index (χ1n) is 7.11. The van der Waals surface area contributed by atoms with Crippen LogP contribution in [0.4, 0.5) is 10.5 Å². The number of rotatable bonds is 4. The van der Waals surface area contributed by atoms with E-state index in [0.29, 0.717) is 6.42 Å². The molecule has 1 aromatic carbocycles. The Hall–Kier alpha value is -2.37. The molecule has 0 saturated carbocycles. The quantitative estimate of drug-likeness (QED) is 0.895. The SMILES string of the molecule is CC(C)(C)OC(=O)NC(CC1=Nc2ccccc2C1)C(=O)O. The van der Waals surface area contributed by atoms with Crippen LogP contribution in [-0.4, -0.2) is 34.5 Å². The van der Waals surface area contributed by atoms with Crippen LogP contribution in [0.15, 0.2) is 29.3 Å². The lowest BCUT2D eigenvalue weighted by Gasteiger charge is -2.22. The lowest BCUT2D eigenvalue weighted by atomic mass is 10.0. The van der Waals surface area contributed by atoms with Crippen LogP contribution in [-0.2, 0) is 16.0 Å². The average Bonchev–Trinajstić information content (AvgIpc) is 2.77. The number of carbonyl (C=O) groups is 2. The Kier molecular flexibility index (Phi) is 4.49. The number of nitrogens with zero attached hydrogens (tertiary/aromatic N) is 1. The zero-order valence-electron chi connectivity index (χ0n) is 12.9. The van der Waals surface area contributed by atoms with Crippen molar-refractivity contribution in [1.82, 2.24) is 5.32 Å². The fraction of sp³-hybridized carbons (Fsp3) is 0.438. The predicted octanol–water partition coefficient (Wildman–Crippen LogP) is 2.68. The first-order valence-corrected chi connectivity index (χ1v) is 7.11. The van der Waals surface area contributed by atoms with Gasteiger partial charge in [0.25, 0.3) is 0 Å². The van der Waals surface area contributed by atoms with Gasteiger partial charge in [-0.15, -0.1) is 0 Å². The molecule has 0 fully saturated rings. The van der Waals surface area contributed by atoms with E-state index >= 15 is 0 Å². The Labute approximate surface area is 129 Å². The molecule has 22 heavy (non-hydrogen) atoms. The average molecular weight is 304 g/mol. The van der Waals surface area contributed by atoms with Crippen molar-refractivity contribution in [1.29, 1.82) is 0 Å². The van der Waals surface area contributed by atoms with Crippen molar-refractivity contribution in [3.63, 3.8) is 0 Å². The third-order valence-electron chi connectivity index (χ3n) is 3.09. The number of hydrogen-bond donors (Lipinski definition) is 2. The minimum atomic E-state index is -1.11. The lowest BCUT2D eigenvalue weighted by molar-refractivity contribution is -0.139. The van der Waals surface area contributed by atoms with Gasteiger partial charge in [0.1, 0.15) is 11.6 Å². The number of nitrogens with one attached hydrogen (secondary N) is 1. The van der Waals surface area contributed by atoms with Gasteiger partial charge >= 0.3 is 12.1 Å². The van der Waals surface area contributed by atoms with Gasteiger partial charge in [0, 0.05) is 18.6 Å². The van der Waals surface area contributed by atoms with Gasteiger partial charge in [-0.1, -0.05) is 18.2 Å². The zero-order valence-corrected chi connectivity index (χ0v) is 12.9. The summed E-state index contributed by atoms with van der Waals surface area (Å²) in [6.07, 6.45) is 0.0233. The van der Waals surface area contributed by atoms with Gasteiger partial charge in [0.05, 0.1) is 5.69 Å². The van der Waals surface area contributed by atoms with Crippen LogP contribution in [0.25, 0.3) is 0 Å². The van der Waals surface area contributed by atoms with Gasteiger partial charge in [0.2, 0.25) is 0 Å². The van der Waals surface area contributed by atoms with Crippen LogP contribution < -0.4 is 5.32 Å². The second-order valence-corrected chi connectivity index (χ2v) is 6.22. The van der Waals surface area contributed by atoms with E-state index in [0.717, 1.165) is 17.0 Å². The summed E-state index contributed by atoms with van der Waals surface area (Å²) >= 11 is 0. The molecule has 2 N–H and O–H groups in total. The Morgan fingerprint density at radius 1 is 1.36 bits per heavy atom. The number of aliphatic carboxylic acids is 1. The topological polar surface area (TPSA) is 88.0 Å². The van der Waals surface area contributed by atoms with E-state index in [2.05, 4.69) is 10.3 Å². The number of amides is 1. The summed E-state index contributed by atoms with van der Waals surface area (Å²) in [5.41, 5.74) is 2.00. The summed E-state index contributed by atoms with van der Waals surface area (Å²) in [6.45, 7) is 5.17. The number of fused-ring (bicyclic) bond motifs is 1. The molecule has 0 aromatic heterocycles. The third kappa shape index (κ3) is 4.31. The van der Waals surface area contributed by atoms with Gasteiger partial charge in [-0.2, -0.15) is 0 Å². The van der Waals surface area contributed by atoms with Gasteiger partial charge < -0.3 is 15.2 Å². The Bertz CT molecular complexity index is 617. The predicted molar refractivity (Wildman–Crippen MR) is 82.7 cm³/mol. The lowest BCUT2D eigenvalue weighted by Crippen LogP contribution is -2.44. The summed E-state index contributed by atoms with van der Waals surface area (Å²) in [6, 6.07) is 6.61. The first kappa shape index (κ1) is 16.0. The summed E-state index contributed by atoms with van der Waals surface area (Å²) in [5.74, 6) is -1.11. The highest BCUT2D eigenvalue weighted by molar-refractivity contribution is 5.97. The number of alkyl carbamates (subject to hydrolysis) is 1. The number of hydrogen-bond acceptors (Lipinski definition) is 4. The third-order valence-corrected chi connectivity index (χ3v) is 3.09. The van der Waals surface area contributed by atoms with Gasteiger partial charge in [0.15, 0.2) is 0 Å². The molecule has 0 spiro atoms. The van der Waals surface area contributed by atoms with Crippen LogP contribution in [0.5, 0.6) is 0 Å². The Morgan fingerprint density at radius 3 is 2.64 bits per heavy atom. The van der Waals surface area contributed by atoms with E-state index in [9.17, 15) is 14.7 Å². The highest BCUT2D eigenvalue weighted by Gasteiger charge is 2.27. The molecule has 0 aliphatic carbocycles. The van der Waals surface area contributed by atoms with Crippen molar-refractivity contribution < 1.29 is 19.4 Å². The van der Waals surface area contributed by atoms with Crippen molar-refractivity contribution in [3.05, 3.63) is 29.8 Å². The number of benzene rings is 1. The monoisotopic (exact) mass is 304 g/mol. The molecule has 1 aromatic rings. The Balaban J connectivity index is 1.99. The molecule has 118 valence electrons. The van der Waals surface area contributed by atoms with Gasteiger partial charge in [-0.25, -0.2) is 9.59 Å². The maximum atomic E-state index is 11.7. The Morgan fingerprint density at radius 2 is 2.05 bits per heavy atom. The molecule has 1 heterocycles. The van der Waals surface area contributed by atoms with Gasteiger partial charge in [-0.05, 0) is 32.4 Å². The van der Waals surface area contributed by atoms with E-state index in [1.54, 1.807) is 20.8 Å². The minimum Gasteiger partial charge on any atom is -0.480 e. The number of aliphatic imine (C=N–C) groups is 1. The summed E-state index contributed by atoms with van der Waals surface area (Å²) in [4.78, 5) is 27.5. The number of ether oxygens (including phenoxy) is 1. The van der Waals surface area contributed by atoms with Crippen LogP contribution >= 0.6 is 0 Å². The summed E-state index contributed by atoms with van der Waals surface area (Å²) < 4.78 is 5.09. The number of carboxylic acid groups (broad SMARTS) is 1. The molecule has 1 aliphatic heterocycles. The van der Waals surface area contributed by atoms with Crippen LogP contribution in [0, 0.1) is 0 Å². The van der Waals surface area contributed by atoms with Crippen molar-refractivity contribution in [3.8, 4) is 0 Å². The molecular weight excluding hydrogens is 284 g/mol. The van der Waals surface area contributed by atoms with Gasteiger partial charge in [-0.3, -0.25) is 4.99 Å². The van der Waals surface area contributed by atoms with Crippen molar-refractivity contribution >= 4 is 23.5 Å². The number of para-hydroxylation sites is 1. The summed E-state index contributed by atoms with van der Waals surface area (Å²) in [5, 5.41) is 11.7. The maximum absolute atomic E-state index is 11.7. The number of carbonyl (C=O) groups excluding carboxylic acids is 1. The van der Waals surface area contributed by atoms with Crippen molar-refractivity contribution in [2.75, 3.05) is 0 Å². The molecule has 6 nitrogen and oxygen atoms in total. The fourth-order valence-electron chi connectivity index (χ4n) is 2.20. The zero-order chi connectivity index (χ0) is 16.3. The molecule has 6 heteroatoms. The normalized spacial score (nSPS) is 14.8. The van der Waals surface area contributed by atoms with Crippen LogP contribution in [0.3, 0.4) is 0 Å². The smallest absolute Gasteiger partial charge is 0.408 e. The minimum absolute atomic E-state index is 0.156. The molecule has 1 aliphatic rings. The van der Waals surface area contributed by atoms with Crippen LogP contribution in [0.1, 0.15) is 32.8 Å². The molecule has 1 atom stereocenters. The molecule has 1 amide bonds. The van der Waals surface area contributed by atoms with Crippen LogP contribution in [0.2, 0.25) is 0 Å². The molecule has 0 bridgehead atoms. The van der Waals surface area contributed by atoms with Crippen molar-refractivity contribution in [2.24, 2.45) is 4.99 Å². The molecular formula is C16H20N2O4. The van der Waals surface area contributed by atoms with E-state index in [1.165, 1.54) is 0 Å². The second kappa shape index (κ2) is 6.17. The molecule has 2 rings (SSSR count). The largest absolute Gasteiger partial charge is 0.480 e. The fourth-order valence-corrected chi connectivity index (χ4v) is 2.20. The van der Waals surface area contributed by atoms with E-state index < -0.39 is 23.7 Å². The molecule has 0 radical (unpaired) electrons. The number of carboxylic acids is 1. The van der Waals surface area contributed by atoms with Crippen molar-refractivity contribution in [2.45, 2.75) is 45.3 Å². The highest BCUT2D eigenvalue weighted by Crippen LogP contribution is 2.27. The molecule has 0 saturated heterocycles. The van der Waals surface area contributed by atoms with E-state index in [-0.39, 0.29) is 6.42 Å². The van der Waals surface area contributed by atoms with E-state index in [4.69, 9.17) is 4.74 Å². The maximum Gasteiger partial charge on any atom is 0.408 e.